The summed E-state index contributed by atoms with van der Waals surface area (Å²) in [4.78, 5) is 16.5. The Kier molecular flexibility index (Phi) is 5.38. The number of hydrogen-bond donors (Lipinski definition) is 1. The number of thiazole rings is 1. The number of amides is 1. The average Bonchev–Trinajstić information content (AvgIpc) is 3.07. The highest BCUT2D eigenvalue weighted by molar-refractivity contribution is 7.22. The fourth-order valence-electron chi connectivity index (χ4n) is 2.36. The second kappa shape index (κ2) is 7.88. The van der Waals surface area contributed by atoms with Crippen LogP contribution in [0.25, 0.3) is 16.3 Å². The Hall–Kier alpha value is -3.06. The number of carbonyl (C=O) groups is 1. The largest absolute Gasteiger partial charge is 0.497 e. The minimum Gasteiger partial charge on any atom is -0.497 e. The fourth-order valence-corrected chi connectivity index (χ4v) is 3.26. The number of anilines is 1. The van der Waals surface area contributed by atoms with E-state index < -0.39 is 0 Å². The maximum atomic E-state index is 12.2. The van der Waals surface area contributed by atoms with Crippen LogP contribution in [0.15, 0.2) is 42.5 Å². The number of aromatic nitrogens is 1. The van der Waals surface area contributed by atoms with E-state index in [0.717, 1.165) is 21.5 Å². The van der Waals surface area contributed by atoms with Crippen LogP contribution in [0, 0.1) is 0 Å². The van der Waals surface area contributed by atoms with E-state index in [0.29, 0.717) is 16.6 Å². The molecule has 7 heteroatoms. The van der Waals surface area contributed by atoms with Gasteiger partial charge in [-0.15, -0.1) is 0 Å². The van der Waals surface area contributed by atoms with E-state index in [1.54, 1.807) is 39.5 Å². The summed E-state index contributed by atoms with van der Waals surface area (Å²) in [7, 11) is 4.76. The molecule has 0 aliphatic rings. The number of nitrogens with one attached hydrogen (secondary N) is 1. The van der Waals surface area contributed by atoms with Crippen molar-refractivity contribution in [2.24, 2.45) is 0 Å². The van der Waals surface area contributed by atoms with Gasteiger partial charge in [0.15, 0.2) is 16.6 Å². The molecule has 0 bridgehead atoms. The van der Waals surface area contributed by atoms with E-state index in [1.165, 1.54) is 17.4 Å². The molecule has 0 saturated carbocycles. The molecule has 3 rings (SSSR count). The maximum absolute atomic E-state index is 12.2. The summed E-state index contributed by atoms with van der Waals surface area (Å²) < 4.78 is 16.6. The number of fused-ring (bicyclic) bond motifs is 1. The molecule has 0 radical (unpaired) electrons. The van der Waals surface area contributed by atoms with Crippen LogP contribution in [0.4, 0.5) is 5.13 Å². The maximum Gasteiger partial charge on any atom is 0.250 e. The van der Waals surface area contributed by atoms with Crippen molar-refractivity contribution in [2.45, 2.75) is 0 Å². The lowest BCUT2D eigenvalue weighted by Crippen LogP contribution is -2.07. The summed E-state index contributed by atoms with van der Waals surface area (Å²) in [6, 6.07) is 11.0. The standard InChI is InChI=1S/C19H18N2O4S/c1-23-13-6-7-14-17(11-13)26-19(20-14)21-18(22)9-5-12-4-8-15(24-2)16(10-12)25-3/h4-11H,1-3H3,(H,20,21,22)/b9-5+. The predicted octanol–water partition coefficient (Wildman–Crippen LogP) is 3.97. The summed E-state index contributed by atoms with van der Waals surface area (Å²) in [5.74, 6) is 1.74. The van der Waals surface area contributed by atoms with Gasteiger partial charge in [0.25, 0.3) is 0 Å². The molecular weight excluding hydrogens is 352 g/mol. The highest BCUT2D eigenvalue weighted by atomic mass is 32.1. The first-order valence-electron chi connectivity index (χ1n) is 7.78. The lowest BCUT2D eigenvalue weighted by Gasteiger charge is -2.07. The summed E-state index contributed by atoms with van der Waals surface area (Å²) in [5.41, 5.74) is 1.64. The zero-order valence-corrected chi connectivity index (χ0v) is 15.4. The molecule has 0 fully saturated rings. The summed E-state index contributed by atoms with van der Waals surface area (Å²) in [6.07, 6.45) is 3.15. The van der Waals surface area contributed by atoms with Crippen molar-refractivity contribution in [3.63, 3.8) is 0 Å². The molecule has 0 spiro atoms. The van der Waals surface area contributed by atoms with Crippen LogP contribution < -0.4 is 19.5 Å². The van der Waals surface area contributed by atoms with E-state index in [2.05, 4.69) is 10.3 Å². The number of hydrogen-bond acceptors (Lipinski definition) is 6. The van der Waals surface area contributed by atoms with Crippen LogP contribution in [-0.4, -0.2) is 32.2 Å². The predicted molar refractivity (Wildman–Crippen MR) is 103 cm³/mol. The van der Waals surface area contributed by atoms with Crippen LogP contribution in [0.5, 0.6) is 17.2 Å². The van der Waals surface area contributed by atoms with Crippen molar-refractivity contribution >= 4 is 38.7 Å². The highest BCUT2D eigenvalue weighted by Crippen LogP contribution is 2.30. The number of ether oxygens (including phenoxy) is 3. The zero-order chi connectivity index (χ0) is 18.5. The van der Waals surface area contributed by atoms with Gasteiger partial charge in [0.2, 0.25) is 5.91 Å². The monoisotopic (exact) mass is 370 g/mol. The lowest BCUT2D eigenvalue weighted by atomic mass is 10.2. The van der Waals surface area contributed by atoms with Gasteiger partial charge in [0.05, 0.1) is 31.5 Å². The first-order valence-corrected chi connectivity index (χ1v) is 8.60. The minimum atomic E-state index is -0.259. The molecule has 6 nitrogen and oxygen atoms in total. The van der Waals surface area contributed by atoms with Gasteiger partial charge >= 0.3 is 0 Å². The van der Waals surface area contributed by atoms with Crippen LogP contribution >= 0.6 is 11.3 Å². The van der Waals surface area contributed by atoms with Gasteiger partial charge in [-0.05, 0) is 42.0 Å². The van der Waals surface area contributed by atoms with Crippen molar-refractivity contribution in [1.29, 1.82) is 0 Å². The smallest absolute Gasteiger partial charge is 0.250 e. The second-order valence-corrected chi connectivity index (χ2v) is 6.32. The van der Waals surface area contributed by atoms with E-state index >= 15 is 0 Å². The summed E-state index contributed by atoms with van der Waals surface area (Å²) in [5, 5.41) is 3.31. The minimum absolute atomic E-state index is 0.259. The quantitative estimate of drug-likeness (QED) is 0.665. The molecule has 2 aromatic carbocycles. The van der Waals surface area contributed by atoms with Gasteiger partial charge in [-0.3, -0.25) is 10.1 Å². The van der Waals surface area contributed by atoms with Crippen LogP contribution in [-0.2, 0) is 4.79 Å². The molecule has 1 heterocycles. The number of carbonyl (C=O) groups excluding carboxylic acids is 1. The van der Waals surface area contributed by atoms with Crippen molar-refractivity contribution < 1.29 is 19.0 Å². The molecule has 0 aliphatic heterocycles. The Labute approximate surface area is 155 Å². The van der Waals surface area contributed by atoms with Crippen molar-refractivity contribution in [3.8, 4) is 17.2 Å². The third kappa shape index (κ3) is 3.94. The van der Waals surface area contributed by atoms with Gasteiger partial charge in [0.1, 0.15) is 5.75 Å². The topological polar surface area (TPSA) is 69.7 Å². The third-order valence-corrected chi connectivity index (χ3v) is 4.59. The van der Waals surface area contributed by atoms with Gasteiger partial charge < -0.3 is 14.2 Å². The molecular formula is C19H18N2O4S. The molecule has 0 saturated heterocycles. The Morgan fingerprint density at radius 3 is 2.58 bits per heavy atom. The molecule has 134 valence electrons. The first-order chi connectivity index (χ1) is 12.6. The third-order valence-electron chi connectivity index (χ3n) is 3.66. The Morgan fingerprint density at radius 2 is 1.85 bits per heavy atom. The van der Waals surface area contributed by atoms with Crippen LogP contribution in [0.1, 0.15) is 5.56 Å². The van der Waals surface area contributed by atoms with Crippen molar-refractivity contribution in [2.75, 3.05) is 26.6 Å². The van der Waals surface area contributed by atoms with Gasteiger partial charge in [-0.2, -0.15) is 0 Å². The van der Waals surface area contributed by atoms with E-state index in [9.17, 15) is 4.79 Å². The van der Waals surface area contributed by atoms with Crippen LogP contribution in [0.2, 0.25) is 0 Å². The zero-order valence-electron chi connectivity index (χ0n) is 14.6. The fraction of sp³-hybridized carbons (Fsp3) is 0.158. The van der Waals surface area contributed by atoms with Gasteiger partial charge in [0, 0.05) is 6.08 Å². The molecule has 1 aromatic heterocycles. The Morgan fingerprint density at radius 1 is 1.04 bits per heavy atom. The van der Waals surface area contributed by atoms with Crippen LogP contribution in [0.3, 0.4) is 0 Å². The second-order valence-electron chi connectivity index (χ2n) is 5.29. The number of nitrogens with zero attached hydrogens (tertiary/aromatic N) is 1. The molecule has 0 unspecified atom stereocenters. The Balaban J connectivity index is 1.71. The number of rotatable bonds is 6. The molecule has 1 N–H and O–H groups in total. The van der Waals surface area contributed by atoms with E-state index in [4.69, 9.17) is 14.2 Å². The molecule has 26 heavy (non-hydrogen) atoms. The molecule has 3 aromatic rings. The molecule has 0 atom stereocenters. The van der Waals surface area contributed by atoms with Gasteiger partial charge in [-0.1, -0.05) is 17.4 Å². The highest BCUT2D eigenvalue weighted by Gasteiger charge is 2.07. The Bertz CT molecular complexity index is 965. The normalized spacial score (nSPS) is 10.9. The first kappa shape index (κ1) is 17.8. The van der Waals surface area contributed by atoms with Crippen molar-refractivity contribution in [1.82, 2.24) is 4.98 Å². The number of benzene rings is 2. The van der Waals surface area contributed by atoms with E-state index in [1.807, 2.05) is 24.3 Å². The average molecular weight is 370 g/mol. The molecule has 1 amide bonds. The van der Waals surface area contributed by atoms with E-state index in [-0.39, 0.29) is 5.91 Å². The lowest BCUT2D eigenvalue weighted by molar-refractivity contribution is -0.111. The van der Waals surface area contributed by atoms with Gasteiger partial charge in [-0.25, -0.2) is 4.98 Å². The summed E-state index contributed by atoms with van der Waals surface area (Å²) >= 11 is 1.39. The summed E-state index contributed by atoms with van der Waals surface area (Å²) in [6.45, 7) is 0. The molecule has 0 aliphatic carbocycles. The van der Waals surface area contributed by atoms with Crippen molar-refractivity contribution in [3.05, 3.63) is 48.0 Å². The number of methoxy groups -OCH3 is 3. The SMILES string of the molecule is COc1ccc2nc(NC(=O)/C=C/c3ccc(OC)c(OC)c3)sc2c1.